The molecule has 0 aromatic carbocycles. The van der Waals surface area contributed by atoms with Gasteiger partial charge in [-0.2, -0.15) is 0 Å². The molecule has 1 N–H and O–H groups in total. The Labute approximate surface area is 106 Å². The highest BCUT2D eigenvalue weighted by atomic mass is 16.2. The number of hydrogen-bond acceptors (Lipinski definition) is 3. The normalized spacial score (nSPS) is 10.8. The summed E-state index contributed by atoms with van der Waals surface area (Å²) >= 11 is 0. The monoisotopic (exact) mass is 241 g/mol. The second-order valence-electron chi connectivity index (χ2n) is 5.07. The Hall–Kier alpha value is -1.03. The molecule has 0 saturated heterocycles. The minimum absolute atomic E-state index is 0.207. The maximum absolute atomic E-state index is 12.1. The molecule has 0 heterocycles. The Morgan fingerprint density at radius 2 is 1.88 bits per heavy atom. The molecule has 0 bridgehead atoms. The predicted octanol–water partition coefficient (Wildman–Crippen LogP) is 1.16. The van der Waals surface area contributed by atoms with Gasteiger partial charge in [-0.05, 0) is 20.0 Å². The first kappa shape index (κ1) is 16.0. The highest BCUT2D eigenvalue weighted by Gasteiger charge is 2.15. The minimum atomic E-state index is 0.207. The van der Waals surface area contributed by atoms with Crippen LogP contribution in [0.1, 0.15) is 20.3 Å². The fourth-order valence-corrected chi connectivity index (χ4v) is 1.40. The third-order valence-corrected chi connectivity index (χ3v) is 2.49. The van der Waals surface area contributed by atoms with Gasteiger partial charge in [0.25, 0.3) is 0 Å². The largest absolute Gasteiger partial charge is 0.390 e. The molecule has 1 amide bonds. The van der Waals surface area contributed by atoms with E-state index in [0.717, 1.165) is 18.8 Å². The number of carbonyl (C=O) groups is 1. The van der Waals surface area contributed by atoms with Crippen LogP contribution in [0.5, 0.6) is 0 Å². The summed E-state index contributed by atoms with van der Waals surface area (Å²) in [6, 6.07) is 0. The van der Waals surface area contributed by atoms with Gasteiger partial charge in [0.05, 0.1) is 6.54 Å². The summed E-state index contributed by atoms with van der Waals surface area (Å²) < 4.78 is 0. The Morgan fingerprint density at radius 1 is 1.29 bits per heavy atom. The maximum Gasteiger partial charge on any atom is 0.223 e. The average molecular weight is 241 g/mol. The van der Waals surface area contributed by atoms with E-state index < -0.39 is 0 Å². The molecule has 0 fully saturated rings. The van der Waals surface area contributed by atoms with Gasteiger partial charge in [0.2, 0.25) is 5.91 Å². The number of nitrogens with one attached hydrogen (secondary N) is 1. The smallest absolute Gasteiger partial charge is 0.223 e. The fourth-order valence-electron chi connectivity index (χ4n) is 1.40. The van der Waals surface area contributed by atoms with Crippen molar-refractivity contribution in [1.29, 1.82) is 0 Å². The third kappa shape index (κ3) is 7.80. The predicted molar refractivity (Wildman–Crippen MR) is 72.8 cm³/mol. The molecule has 0 aromatic rings. The van der Waals surface area contributed by atoms with E-state index in [2.05, 4.69) is 30.6 Å². The first-order valence-corrected chi connectivity index (χ1v) is 6.14. The first-order chi connectivity index (χ1) is 7.86. The summed E-state index contributed by atoms with van der Waals surface area (Å²) in [6.07, 6.45) is 0.602. The van der Waals surface area contributed by atoms with E-state index in [4.69, 9.17) is 0 Å². The van der Waals surface area contributed by atoms with Gasteiger partial charge < -0.3 is 15.1 Å². The molecule has 0 aliphatic rings. The van der Waals surface area contributed by atoms with Crippen molar-refractivity contribution >= 4 is 5.91 Å². The molecule has 0 unspecified atom stereocenters. The number of hydrogen-bond donors (Lipinski definition) is 1. The van der Waals surface area contributed by atoms with E-state index in [1.54, 1.807) is 0 Å². The zero-order chi connectivity index (χ0) is 13.4. The lowest BCUT2D eigenvalue weighted by Gasteiger charge is -2.26. The van der Waals surface area contributed by atoms with E-state index >= 15 is 0 Å². The topological polar surface area (TPSA) is 35.6 Å². The summed E-state index contributed by atoms with van der Waals surface area (Å²) in [4.78, 5) is 16.0. The van der Waals surface area contributed by atoms with Crippen molar-refractivity contribution < 1.29 is 4.79 Å². The molecule has 4 nitrogen and oxygen atoms in total. The van der Waals surface area contributed by atoms with Crippen LogP contribution < -0.4 is 5.32 Å². The Morgan fingerprint density at radius 3 is 2.29 bits per heavy atom. The summed E-state index contributed by atoms with van der Waals surface area (Å²) in [6.45, 7) is 10.2. The number of amides is 1. The van der Waals surface area contributed by atoms with Crippen LogP contribution in [0.2, 0.25) is 0 Å². The van der Waals surface area contributed by atoms with Crippen LogP contribution in [-0.4, -0.2) is 56.5 Å². The molecular weight excluding hydrogens is 214 g/mol. The van der Waals surface area contributed by atoms with E-state index in [1.807, 2.05) is 26.0 Å². The molecule has 0 radical (unpaired) electrons. The van der Waals surface area contributed by atoms with Gasteiger partial charge in [0.1, 0.15) is 0 Å². The van der Waals surface area contributed by atoms with Crippen LogP contribution in [-0.2, 0) is 4.79 Å². The van der Waals surface area contributed by atoms with Gasteiger partial charge in [-0.25, -0.2) is 0 Å². The molecule has 0 atom stereocenters. The van der Waals surface area contributed by atoms with E-state index in [1.165, 1.54) is 0 Å². The number of carbonyl (C=O) groups excluding carboxylic acids is 1. The molecule has 0 aromatic heterocycles. The fraction of sp³-hybridized carbons (Fsp3) is 0.769. The lowest BCUT2D eigenvalue weighted by Crippen LogP contribution is -2.39. The zero-order valence-corrected chi connectivity index (χ0v) is 11.9. The van der Waals surface area contributed by atoms with Crippen molar-refractivity contribution in [3.8, 4) is 0 Å². The third-order valence-electron chi connectivity index (χ3n) is 2.49. The van der Waals surface area contributed by atoms with Crippen molar-refractivity contribution in [2.75, 3.05) is 40.8 Å². The molecule has 17 heavy (non-hydrogen) atoms. The number of nitrogens with zero attached hydrogens (tertiary/aromatic N) is 2. The summed E-state index contributed by atoms with van der Waals surface area (Å²) in [5.74, 6) is 0.602. The lowest BCUT2D eigenvalue weighted by atomic mass is 10.1. The second kappa shape index (κ2) is 8.12. The van der Waals surface area contributed by atoms with Gasteiger partial charge in [-0.3, -0.25) is 4.79 Å². The Kier molecular flexibility index (Phi) is 7.63. The number of rotatable bonds is 8. The van der Waals surface area contributed by atoms with Gasteiger partial charge in [-0.15, -0.1) is 0 Å². The minimum Gasteiger partial charge on any atom is -0.390 e. The lowest BCUT2D eigenvalue weighted by molar-refractivity contribution is -0.131. The Balaban J connectivity index is 4.37. The van der Waals surface area contributed by atoms with E-state index in [0.29, 0.717) is 18.9 Å². The van der Waals surface area contributed by atoms with E-state index in [9.17, 15) is 4.79 Å². The summed E-state index contributed by atoms with van der Waals surface area (Å²) in [7, 11) is 5.86. The molecule has 0 rings (SSSR count). The number of likely N-dealkylation sites (N-methyl/N-ethyl adjacent to an activating group) is 2. The van der Waals surface area contributed by atoms with Crippen LogP contribution in [0.4, 0.5) is 0 Å². The summed E-state index contributed by atoms with van der Waals surface area (Å²) in [5.41, 5.74) is 0.876. The van der Waals surface area contributed by atoms with E-state index in [-0.39, 0.29) is 5.91 Å². The summed E-state index contributed by atoms with van der Waals surface area (Å²) in [5, 5.41) is 2.99. The quantitative estimate of drug-likeness (QED) is 0.692. The molecule has 0 aliphatic heterocycles. The van der Waals surface area contributed by atoms with Crippen LogP contribution in [0.25, 0.3) is 0 Å². The highest BCUT2D eigenvalue weighted by molar-refractivity contribution is 5.76. The molecular formula is C13H27N3O. The van der Waals surface area contributed by atoms with Crippen molar-refractivity contribution in [1.82, 2.24) is 15.1 Å². The van der Waals surface area contributed by atoms with Gasteiger partial charge >= 0.3 is 0 Å². The van der Waals surface area contributed by atoms with Gasteiger partial charge in [0.15, 0.2) is 0 Å². The zero-order valence-electron chi connectivity index (χ0n) is 11.9. The van der Waals surface area contributed by atoms with Gasteiger partial charge in [-0.1, -0.05) is 20.4 Å². The van der Waals surface area contributed by atoms with Gasteiger partial charge in [0, 0.05) is 32.3 Å². The maximum atomic E-state index is 12.1. The SMILES string of the molecule is C=C(CN(CCN(C)C)C(=O)CC(C)C)NC. The molecule has 4 heteroatoms. The van der Waals surface area contributed by atoms with Crippen LogP contribution in [0.3, 0.4) is 0 Å². The van der Waals surface area contributed by atoms with Crippen molar-refractivity contribution in [2.45, 2.75) is 20.3 Å². The van der Waals surface area contributed by atoms with Crippen molar-refractivity contribution in [3.05, 3.63) is 12.3 Å². The molecule has 0 saturated carbocycles. The molecule has 100 valence electrons. The molecule has 0 spiro atoms. The van der Waals surface area contributed by atoms with Crippen LogP contribution >= 0.6 is 0 Å². The Bertz CT molecular complexity index is 249. The van der Waals surface area contributed by atoms with Crippen LogP contribution in [0, 0.1) is 5.92 Å². The highest BCUT2D eigenvalue weighted by Crippen LogP contribution is 2.05. The van der Waals surface area contributed by atoms with Crippen molar-refractivity contribution in [2.24, 2.45) is 5.92 Å². The second-order valence-corrected chi connectivity index (χ2v) is 5.07. The van der Waals surface area contributed by atoms with Crippen LogP contribution in [0.15, 0.2) is 12.3 Å². The van der Waals surface area contributed by atoms with Crippen molar-refractivity contribution in [3.63, 3.8) is 0 Å². The molecule has 0 aliphatic carbocycles. The first-order valence-electron chi connectivity index (χ1n) is 6.14. The standard InChI is InChI=1S/C13H27N3O/c1-11(2)9-13(17)16(8-7-15(5)6)10-12(3)14-4/h11,14H,3,7-10H2,1-2,4-6H3. The average Bonchev–Trinajstić information content (AvgIpc) is 2.22.